The Labute approximate surface area is 143 Å². The number of nitrogens with one attached hydrogen (secondary N) is 1. The number of carbonyl (C=O) groups is 1. The molecule has 24 heavy (non-hydrogen) atoms. The number of benzene rings is 2. The van der Waals surface area contributed by atoms with Gasteiger partial charge in [-0.2, -0.15) is 0 Å². The molecule has 128 valence electrons. The molecule has 0 unspecified atom stereocenters. The van der Waals surface area contributed by atoms with Gasteiger partial charge in [-0.1, -0.05) is 38.1 Å². The summed E-state index contributed by atoms with van der Waals surface area (Å²) in [6.07, 6.45) is 0. The van der Waals surface area contributed by atoms with Crippen molar-refractivity contribution in [2.45, 2.75) is 27.7 Å². The zero-order valence-electron chi connectivity index (χ0n) is 14.8. The summed E-state index contributed by atoms with van der Waals surface area (Å²) < 4.78 is 11.4. The third-order valence-electron chi connectivity index (χ3n) is 3.44. The lowest BCUT2D eigenvalue weighted by molar-refractivity contribution is -0.118. The van der Waals surface area contributed by atoms with Crippen LogP contribution in [0.15, 0.2) is 42.5 Å². The molecular formula is C20H25NO3. The molecule has 1 N–H and O–H groups in total. The van der Waals surface area contributed by atoms with Crippen molar-refractivity contribution in [2.75, 3.05) is 18.5 Å². The first-order valence-electron chi connectivity index (χ1n) is 8.17. The molecule has 0 bridgehead atoms. The number of hydrogen-bond acceptors (Lipinski definition) is 3. The predicted octanol–water partition coefficient (Wildman–Crippen LogP) is 4.36. The zero-order chi connectivity index (χ0) is 17.5. The molecule has 0 aliphatic carbocycles. The lowest BCUT2D eigenvalue weighted by Gasteiger charge is -2.14. The lowest BCUT2D eigenvalue weighted by atomic mass is 10.1. The summed E-state index contributed by atoms with van der Waals surface area (Å²) in [4.78, 5) is 12.2. The van der Waals surface area contributed by atoms with Gasteiger partial charge in [0.25, 0.3) is 5.91 Å². The largest absolute Gasteiger partial charge is 0.491 e. The van der Waals surface area contributed by atoms with Crippen LogP contribution in [-0.2, 0) is 4.79 Å². The van der Waals surface area contributed by atoms with Crippen LogP contribution in [0.5, 0.6) is 11.5 Å². The van der Waals surface area contributed by atoms with Crippen LogP contribution in [-0.4, -0.2) is 19.1 Å². The van der Waals surface area contributed by atoms with E-state index >= 15 is 0 Å². The summed E-state index contributed by atoms with van der Waals surface area (Å²) in [5.74, 6) is 1.61. The fourth-order valence-electron chi connectivity index (χ4n) is 2.14. The SMILES string of the molecule is Cc1ccc(C)c(OCC(=O)Nc2ccccc2OCC(C)C)c1. The van der Waals surface area contributed by atoms with Gasteiger partial charge in [-0.05, 0) is 49.1 Å². The summed E-state index contributed by atoms with van der Waals surface area (Å²) in [6.45, 7) is 8.68. The molecule has 0 spiro atoms. The summed E-state index contributed by atoms with van der Waals surface area (Å²) in [5.41, 5.74) is 2.77. The molecule has 0 fully saturated rings. The van der Waals surface area contributed by atoms with Crippen molar-refractivity contribution < 1.29 is 14.3 Å². The van der Waals surface area contributed by atoms with Gasteiger partial charge in [0.1, 0.15) is 11.5 Å². The van der Waals surface area contributed by atoms with Crippen molar-refractivity contribution in [2.24, 2.45) is 5.92 Å². The molecule has 2 rings (SSSR count). The minimum atomic E-state index is -0.212. The minimum Gasteiger partial charge on any atom is -0.491 e. The van der Waals surface area contributed by atoms with Gasteiger partial charge < -0.3 is 14.8 Å². The number of anilines is 1. The van der Waals surface area contributed by atoms with Gasteiger partial charge in [-0.3, -0.25) is 4.79 Å². The first-order chi connectivity index (χ1) is 11.5. The maximum Gasteiger partial charge on any atom is 0.262 e. The van der Waals surface area contributed by atoms with Gasteiger partial charge in [-0.15, -0.1) is 0 Å². The Bertz CT molecular complexity index is 695. The average molecular weight is 327 g/mol. The van der Waals surface area contributed by atoms with Gasteiger partial charge in [-0.25, -0.2) is 0 Å². The van der Waals surface area contributed by atoms with Gasteiger partial charge >= 0.3 is 0 Å². The van der Waals surface area contributed by atoms with E-state index in [2.05, 4.69) is 19.2 Å². The van der Waals surface area contributed by atoms with Crippen molar-refractivity contribution in [3.05, 3.63) is 53.6 Å². The lowest BCUT2D eigenvalue weighted by Crippen LogP contribution is -2.21. The summed E-state index contributed by atoms with van der Waals surface area (Å²) >= 11 is 0. The van der Waals surface area contributed by atoms with E-state index in [1.165, 1.54) is 0 Å². The Hall–Kier alpha value is -2.49. The van der Waals surface area contributed by atoms with E-state index in [1.807, 2.05) is 56.3 Å². The molecule has 0 saturated carbocycles. The average Bonchev–Trinajstić information content (AvgIpc) is 2.55. The van der Waals surface area contributed by atoms with Gasteiger partial charge in [0, 0.05) is 0 Å². The second-order valence-corrected chi connectivity index (χ2v) is 6.31. The van der Waals surface area contributed by atoms with Crippen molar-refractivity contribution in [3.8, 4) is 11.5 Å². The Kier molecular flexibility index (Phi) is 6.24. The van der Waals surface area contributed by atoms with Crippen LogP contribution in [0.4, 0.5) is 5.69 Å². The molecule has 0 aliphatic heterocycles. The molecule has 1 amide bonds. The van der Waals surface area contributed by atoms with Crippen LogP contribution >= 0.6 is 0 Å². The second kappa shape index (κ2) is 8.39. The van der Waals surface area contributed by atoms with E-state index in [0.29, 0.717) is 24.0 Å². The van der Waals surface area contributed by atoms with Crippen LogP contribution in [0.3, 0.4) is 0 Å². The van der Waals surface area contributed by atoms with Gasteiger partial charge in [0.15, 0.2) is 6.61 Å². The molecule has 0 atom stereocenters. The Morgan fingerprint density at radius 2 is 1.79 bits per heavy atom. The van der Waals surface area contributed by atoms with Crippen LogP contribution in [0.1, 0.15) is 25.0 Å². The molecule has 0 aliphatic rings. The smallest absolute Gasteiger partial charge is 0.262 e. The number of amides is 1. The Morgan fingerprint density at radius 1 is 1.04 bits per heavy atom. The van der Waals surface area contributed by atoms with Crippen LogP contribution in [0.2, 0.25) is 0 Å². The highest BCUT2D eigenvalue weighted by molar-refractivity contribution is 5.93. The molecule has 0 heterocycles. The third kappa shape index (κ3) is 5.30. The second-order valence-electron chi connectivity index (χ2n) is 6.31. The van der Waals surface area contributed by atoms with Crippen molar-refractivity contribution in [1.82, 2.24) is 0 Å². The van der Waals surface area contributed by atoms with Crippen LogP contribution in [0, 0.1) is 19.8 Å². The van der Waals surface area contributed by atoms with Crippen molar-refractivity contribution in [1.29, 1.82) is 0 Å². The predicted molar refractivity (Wildman–Crippen MR) is 96.8 cm³/mol. The van der Waals surface area contributed by atoms with E-state index in [4.69, 9.17) is 9.47 Å². The monoisotopic (exact) mass is 327 g/mol. The highest BCUT2D eigenvalue weighted by Gasteiger charge is 2.10. The van der Waals surface area contributed by atoms with Gasteiger partial charge in [0.2, 0.25) is 0 Å². The maximum atomic E-state index is 12.2. The molecule has 4 nitrogen and oxygen atoms in total. The van der Waals surface area contributed by atoms with E-state index in [-0.39, 0.29) is 12.5 Å². The zero-order valence-corrected chi connectivity index (χ0v) is 14.8. The van der Waals surface area contributed by atoms with E-state index in [1.54, 1.807) is 0 Å². The summed E-state index contributed by atoms with van der Waals surface area (Å²) in [6, 6.07) is 13.4. The highest BCUT2D eigenvalue weighted by Crippen LogP contribution is 2.24. The fourth-order valence-corrected chi connectivity index (χ4v) is 2.14. The standard InChI is InChI=1S/C20H25NO3/c1-14(2)12-23-18-8-6-5-7-17(18)21-20(22)13-24-19-11-15(3)9-10-16(19)4/h5-11,14H,12-13H2,1-4H3,(H,21,22). The highest BCUT2D eigenvalue weighted by atomic mass is 16.5. The number of hydrogen-bond donors (Lipinski definition) is 1. The van der Waals surface area contributed by atoms with E-state index in [9.17, 15) is 4.79 Å². The summed E-state index contributed by atoms with van der Waals surface area (Å²) in [7, 11) is 0. The molecular weight excluding hydrogens is 302 g/mol. The number of aryl methyl sites for hydroxylation is 2. The van der Waals surface area contributed by atoms with Crippen LogP contribution < -0.4 is 14.8 Å². The number of ether oxygens (including phenoxy) is 2. The molecule has 2 aromatic rings. The molecule has 4 heteroatoms. The van der Waals surface area contributed by atoms with Crippen molar-refractivity contribution >= 4 is 11.6 Å². The fraction of sp³-hybridized carbons (Fsp3) is 0.350. The first kappa shape index (κ1) is 17.9. The molecule has 2 aromatic carbocycles. The maximum absolute atomic E-state index is 12.2. The van der Waals surface area contributed by atoms with E-state index < -0.39 is 0 Å². The number of carbonyl (C=O) groups excluding carboxylic acids is 1. The normalized spacial score (nSPS) is 10.5. The molecule has 0 aromatic heterocycles. The summed E-state index contributed by atoms with van der Waals surface area (Å²) in [5, 5.41) is 2.85. The van der Waals surface area contributed by atoms with Crippen LogP contribution in [0.25, 0.3) is 0 Å². The number of rotatable bonds is 7. The molecule has 0 radical (unpaired) electrons. The Balaban J connectivity index is 1.96. The van der Waals surface area contributed by atoms with Crippen molar-refractivity contribution in [3.63, 3.8) is 0 Å². The Morgan fingerprint density at radius 3 is 2.54 bits per heavy atom. The minimum absolute atomic E-state index is 0.0389. The van der Waals surface area contributed by atoms with E-state index in [0.717, 1.165) is 16.9 Å². The third-order valence-corrected chi connectivity index (χ3v) is 3.44. The number of para-hydroxylation sites is 2. The molecule has 0 saturated heterocycles. The topological polar surface area (TPSA) is 47.6 Å². The quantitative estimate of drug-likeness (QED) is 0.822. The van der Waals surface area contributed by atoms with Gasteiger partial charge in [0.05, 0.1) is 12.3 Å². The first-order valence-corrected chi connectivity index (χ1v) is 8.17.